The van der Waals surface area contributed by atoms with Gasteiger partial charge in [-0.3, -0.25) is 4.90 Å². The van der Waals surface area contributed by atoms with E-state index in [9.17, 15) is 9.18 Å². The van der Waals surface area contributed by atoms with Gasteiger partial charge in [0.1, 0.15) is 18.7 Å². The Hall–Kier alpha value is -2.15. The molecule has 1 saturated heterocycles. The van der Waals surface area contributed by atoms with Crippen molar-refractivity contribution in [2.75, 3.05) is 30.8 Å². The molecule has 0 radical (unpaired) electrons. The van der Waals surface area contributed by atoms with Crippen LogP contribution in [0.3, 0.4) is 0 Å². The van der Waals surface area contributed by atoms with Crippen LogP contribution in [0.25, 0.3) is 0 Å². The molecule has 0 saturated carbocycles. The number of nitrogens with zero attached hydrogens (tertiary/aromatic N) is 1. The minimum absolute atomic E-state index is 0.0630. The molecule has 0 aliphatic carbocycles. The SMILES string of the molecule is C=O.CNCC1CN(c2ccc(N)c(F)c2)C(=O)O1. The van der Waals surface area contributed by atoms with Crippen molar-refractivity contribution in [1.82, 2.24) is 5.32 Å². The van der Waals surface area contributed by atoms with E-state index in [-0.39, 0.29) is 11.8 Å². The molecule has 0 aromatic heterocycles. The lowest BCUT2D eigenvalue weighted by Crippen LogP contribution is -2.29. The van der Waals surface area contributed by atoms with Crippen LogP contribution >= 0.6 is 0 Å². The largest absolute Gasteiger partial charge is 0.443 e. The second kappa shape index (κ2) is 6.69. The fourth-order valence-electron chi connectivity index (χ4n) is 1.75. The number of hydrogen-bond acceptors (Lipinski definition) is 5. The van der Waals surface area contributed by atoms with Gasteiger partial charge in [-0.1, -0.05) is 0 Å². The number of benzene rings is 1. The summed E-state index contributed by atoms with van der Waals surface area (Å²) in [5, 5.41) is 2.92. The van der Waals surface area contributed by atoms with Crippen molar-refractivity contribution in [3.05, 3.63) is 24.0 Å². The average molecular weight is 269 g/mol. The smallest absolute Gasteiger partial charge is 0.414 e. The molecule has 1 heterocycles. The molecule has 104 valence electrons. The molecule has 6 nitrogen and oxygen atoms in total. The van der Waals surface area contributed by atoms with Gasteiger partial charge < -0.3 is 20.6 Å². The van der Waals surface area contributed by atoms with Crippen molar-refractivity contribution in [1.29, 1.82) is 0 Å². The number of halogens is 1. The van der Waals surface area contributed by atoms with E-state index in [0.717, 1.165) is 0 Å². The van der Waals surface area contributed by atoms with Crippen LogP contribution < -0.4 is 16.0 Å². The quantitative estimate of drug-likeness (QED) is 0.792. The summed E-state index contributed by atoms with van der Waals surface area (Å²) >= 11 is 0. The molecule has 1 atom stereocenters. The Labute approximate surface area is 110 Å². The van der Waals surface area contributed by atoms with Crippen molar-refractivity contribution < 1.29 is 18.7 Å². The summed E-state index contributed by atoms with van der Waals surface area (Å²) in [7, 11) is 1.78. The molecule has 1 amide bonds. The predicted octanol–water partition coefficient (Wildman–Crippen LogP) is 0.768. The highest BCUT2D eigenvalue weighted by molar-refractivity contribution is 5.90. The van der Waals surface area contributed by atoms with Gasteiger partial charge in [0.2, 0.25) is 0 Å². The van der Waals surface area contributed by atoms with Gasteiger partial charge in [-0.15, -0.1) is 0 Å². The topological polar surface area (TPSA) is 84.7 Å². The number of nitrogens with two attached hydrogens (primary N) is 1. The Morgan fingerprint density at radius 1 is 1.58 bits per heavy atom. The third-order valence-corrected chi connectivity index (χ3v) is 2.60. The number of nitrogens with one attached hydrogen (secondary N) is 1. The molecule has 3 N–H and O–H groups in total. The summed E-state index contributed by atoms with van der Waals surface area (Å²) in [6.07, 6.45) is -0.678. The lowest BCUT2D eigenvalue weighted by atomic mass is 10.2. The van der Waals surface area contributed by atoms with Crippen LogP contribution in [0.15, 0.2) is 18.2 Å². The van der Waals surface area contributed by atoms with E-state index < -0.39 is 11.9 Å². The van der Waals surface area contributed by atoms with Crippen molar-refractivity contribution >= 4 is 24.3 Å². The van der Waals surface area contributed by atoms with Crippen molar-refractivity contribution in [2.45, 2.75) is 6.10 Å². The first-order chi connectivity index (χ1) is 9.11. The lowest BCUT2D eigenvalue weighted by molar-refractivity contribution is -0.0979. The Balaban J connectivity index is 0.000000861. The van der Waals surface area contributed by atoms with Crippen LogP contribution in [0.1, 0.15) is 0 Å². The minimum atomic E-state index is -0.535. The van der Waals surface area contributed by atoms with E-state index in [0.29, 0.717) is 18.8 Å². The van der Waals surface area contributed by atoms with Crippen molar-refractivity contribution in [3.8, 4) is 0 Å². The Morgan fingerprint density at radius 3 is 2.84 bits per heavy atom. The number of rotatable bonds is 3. The van der Waals surface area contributed by atoms with Gasteiger partial charge in [0.05, 0.1) is 17.9 Å². The first kappa shape index (κ1) is 14.9. The lowest BCUT2D eigenvalue weighted by Gasteiger charge is -2.13. The molecule has 1 unspecified atom stereocenters. The van der Waals surface area contributed by atoms with E-state index in [2.05, 4.69) is 5.32 Å². The first-order valence-electron chi connectivity index (χ1n) is 5.58. The molecule has 0 bridgehead atoms. The molecule has 7 heteroatoms. The molecule has 1 aliphatic rings. The number of cyclic esters (lactones) is 1. The predicted molar refractivity (Wildman–Crippen MR) is 69.5 cm³/mol. The van der Waals surface area contributed by atoms with E-state index in [1.165, 1.54) is 17.0 Å². The van der Waals surface area contributed by atoms with E-state index in [1.807, 2.05) is 6.79 Å². The highest BCUT2D eigenvalue weighted by atomic mass is 19.1. The maximum Gasteiger partial charge on any atom is 0.414 e. The summed E-state index contributed by atoms with van der Waals surface area (Å²) in [6, 6.07) is 4.27. The third-order valence-electron chi connectivity index (χ3n) is 2.60. The van der Waals surface area contributed by atoms with Crippen LogP contribution in [0.2, 0.25) is 0 Å². The van der Waals surface area contributed by atoms with Gasteiger partial charge in [-0.05, 0) is 25.2 Å². The highest BCUT2D eigenvalue weighted by Gasteiger charge is 2.31. The molecule has 19 heavy (non-hydrogen) atoms. The van der Waals surface area contributed by atoms with Crippen LogP contribution in [0.5, 0.6) is 0 Å². The maximum atomic E-state index is 13.3. The number of nitrogen functional groups attached to an aromatic ring is 1. The molecule has 1 aromatic carbocycles. The number of anilines is 2. The van der Waals surface area contributed by atoms with Crippen LogP contribution in [-0.2, 0) is 9.53 Å². The van der Waals surface area contributed by atoms with E-state index in [4.69, 9.17) is 15.3 Å². The van der Waals surface area contributed by atoms with Crippen LogP contribution in [-0.4, -0.2) is 39.1 Å². The molecule has 0 spiro atoms. The van der Waals surface area contributed by atoms with E-state index in [1.54, 1.807) is 13.1 Å². The first-order valence-corrected chi connectivity index (χ1v) is 5.58. The zero-order valence-electron chi connectivity index (χ0n) is 10.6. The van der Waals surface area contributed by atoms with Gasteiger partial charge in [0, 0.05) is 6.54 Å². The summed E-state index contributed by atoms with van der Waals surface area (Å²) in [5.74, 6) is -0.535. The molecular weight excluding hydrogens is 253 g/mol. The molecule has 2 rings (SSSR count). The molecule has 1 fully saturated rings. The second-order valence-electron chi connectivity index (χ2n) is 3.88. The number of ether oxygens (including phenoxy) is 1. The van der Waals surface area contributed by atoms with Gasteiger partial charge >= 0.3 is 6.09 Å². The van der Waals surface area contributed by atoms with Gasteiger partial charge in [0.25, 0.3) is 0 Å². The van der Waals surface area contributed by atoms with Crippen LogP contribution in [0, 0.1) is 5.82 Å². The summed E-state index contributed by atoms with van der Waals surface area (Å²) in [5.41, 5.74) is 5.90. The number of carbonyl (C=O) groups excluding carboxylic acids is 2. The van der Waals surface area contributed by atoms with Gasteiger partial charge in [-0.2, -0.15) is 0 Å². The summed E-state index contributed by atoms with van der Waals surface area (Å²) in [4.78, 5) is 21.0. The fraction of sp³-hybridized carbons (Fsp3) is 0.333. The average Bonchev–Trinajstić information content (AvgIpc) is 2.77. The normalized spacial score (nSPS) is 17.7. The minimum Gasteiger partial charge on any atom is -0.443 e. The molecule has 1 aliphatic heterocycles. The Morgan fingerprint density at radius 2 is 2.26 bits per heavy atom. The van der Waals surface area contributed by atoms with Crippen LogP contribution in [0.4, 0.5) is 20.6 Å². The molecular formula is C12H16FN3O3. The Bertz CT molecular complexity index is 456. The van der Waals surface area contributed by atoms with Crippen molar-refractivity contribution in [3.63, 3.8) is 0 Å². The standard InChI is InChI=1S/C11H14FN3O2.CH2O/c1-14-5-8-6-15(11(16)17-8)7-2-3-10(13)9(12)4-7;1-2/h2-4,8,14H,5-6,13H2,1H3;1H2. The third kappa shape index (κ3) is 3.41. The maximum absolute atomic E-state index is 13.3. The number of likely N-dealkylation sites (N-methyl/N-ethyl adjacent to an activating group) is 1. The fourth-order valence-corrected chi connectivity index (χ4v) is 1.75. The Kier molecular flexibility index (Phi) is 5.25. The summed E-state index contributed by atoms with van der Waals surface area (Å²) in [6.45, 7) is 2.97. The van der Waals surface area contributed by atoms with E-state index >= 15 is 0 Å². The van der Waals surface area contributed by atoms with Gasteiger partial charge in [-0.25, -0.2) is 9.18 Å². The summed E-state index contributed by atoms with van der Waals surface area (Å²) < 4.78 is 18.4. The zero-order valence-corrected chi connectivity index (χ0v) is 10.6. The number of amides is 1. The monoisotopic (exact) mass is 269 g/mol. The zero-order chi connectivity index (χ0) is 14.4. The second-order valence-corrected chi connectivity index (χ2v) is 3.88. The van der Waals surface area contributed by atoms with Crippen molar-refractivity contribution in [2.24, 2.45) is 0 Å². The highest BCUT2D eigenvalue weighted by Crippen LogP contribution is 2.24. The number of carbonyl (C=O) groups is 2. The number of hydrogen-bond donors (Lipinski definition) is 2. The molecule has 1 aromatic rings. The van der Waals surface area contributed by atoms with Gasteiger partial charge in [0.15, 0.2) is 0 Å².